The predicted octanol–water partition coefficient (Wildman–Crippen LogP) is 2.98. The summed E-state index contributed by atoms with van der Waals surface area (Å²) in [4.78, 5) is 16.1. The van der Waals surface area contributed by atoms with Gasteiger partial charge in [0.05, 0.1) is 13.2 Å². The second kappa shape index (κ2) is 4.68. The number of hydrogen-bond acceptors (Lipinski definition) is 2. The van der Waals surface area contributed by atoms with Crippen LogP contribution in [0.4, 0.5) is 4.79 Å². The SMILES string of the molecule is Cc1cccc(C2=CCON(C(=O)Cl)C2)c1. The van der Waals surface area contributed by atoms with Gasteiger partial charge in [-0.05, 0) is 29.7 Å². The van der Waals surface area contributed by atoms with E-state index in [1.54, 1.807) is 0 Å². The van der Waals surface area contributed by atoms with Crippen molar-refractivity contribution in [2.75, 3.05) is 13.2 Å². The fourth-order valence-corrected chi connectivity index (χ4v) is 1.77. The van der Waals surface area contributed by atoms with Crippen molar-refractivity contribution in [1.82, 2.24) is 5.06 Å². The summed E-state index contributed by atoms with van der Waals surface area (Å²) in [6, 6.07) is 8.12. The van der Waals surface area contributed by atoms with E-state index < -0.39 is 5.37 Å². The molecule has 84 valence electrons. The van der Waals surface area contributed by atoms with Gasteiger partial charge >= 0.3 is 5.37 Å². The molecule has 0 aromatic heterocycles. The Balaban J connectivity index is 2.22. The van der Waals surface area contributed by atoms with Gasteiger partial charge < -0.3 is 0 Å². The molecule has 0 fully saturated rings. The van der Waals surface area contributed by atoms with Crippen LogP contribution in [0.15, 0.2) is 30.3 Å². The molecule has 1 aliphatic rings. The molecule has 0 bridgehead atoms. The maximum Gasteiger partial charge on any atom is 0.340 e. The van der Waals surface area contributed by atoms with Crippen molar-refractivity contribution in [1.29, 1.82) is 0 Å². The van der Waals surface area contributed by atoms with Crippen LogP contribution in [0.5, 0.6) is 0 Å². The zero-order valence-corrected chi connectivity index (χ0v) is 9.70. The molecule has 16 heavy (non-hydrogen) atoms. The van der Waals surface area contributed by atoms with E-state index in [1.807, 2.05) is 31.2 Å². The van der Waals surface area contributed by atoms with Crippen molar-refractivity contribution in [3.63, 3.8) is 0 Å². The minimum absolute atomic E-state index is 0.377. The van der Waals surface area contributed by atoms with E-state index >= 15 is 0 Å². The van der Waals surface area contributed by atoms with Crippen molar-refractivity contribution in [2.45, 2.75) is 6.92 Å². The van der Waals surface area contributed by atoms with Crippen LogP contribution in [0.2, 0.25) is 0 Å². The third-order valence-electron chi connectivity index (χ3n) is 2.46. The van der Waals surface area contributed by atoms with Gasteiger partial charge in [0.15, 0.2) is 0 Å². The molecule has 1 amide bonds. The maximum atomic E-state index is 11.0. The first-order valence-electron chi connectivity index (χ1n) is 5.03. The Bertz CT molecular complexity index is 442. The monoisotopic (exact) mass is 237 g/mol. The fraction of sp³-hybridized carbons (Fsp3) is 0.250. The summed E-state index contributed by atoms with van der Waals surface area (Å²) in [5, 5.41) is 0.581. The summed E-state index contributed by atoms with van der Waals surface area (Å²) >= 11 is 5.38. The van der Waals surface area contributed by atoms with Gasteiger partial charge in [-0.25, -0.2) is 5.06 Å². The number of benzene rings is 1. The van der Waals surface area contributed by atoms with E-state index in [-0.39, 0.29) is 0 Å². The van der Waals surface area contributed by atoms with E-state index in [1.165, 1.54) is 10.6 Å². The molecule has 0 spiro atoms. The highest BCUT2D eigenvalue weighted by molar-refractivity contribution is 6.62. The lowest BCUT2D eigenvalue weighted by Crippen LogP contribution is -2.31. The Hall–Kier alpha value is -1.32. The molecule has 2 rings (SSSR count). The number of halogens is 1. The Morgan fingerprint density at radius 2 is 2.31 bits per heavy atom. The summed E-state index contributed by atoms with van der Waals surface area (Å²) < 4.78 is 0. The summed E-state index contributed by atoms with van der Waals surface area (Å²) in [6.07, 6.45) is 1.96. The molecular formula is C12H12ClNO2. The van der Waals surface area contributed by atoms with Gasteiger partial charge in [-0.3, -0.25) is 9.63 Å². The van der Waals surface area contributed by atoms with Crippen LogP contribution in [0.3, 0.4) is 0 Å². The molecule has 0 radical (unpaired) electrons. The van der Waals surface area contributed by atoms with E-state index in [2.05, 4.69) is 6.07 Å². The third-order valence-corrected chi connectivity index (χ3v) is 2.65. The molecule has 0 unspecified atom stereocenters. The molecule has 1 aromatic carbocycles. The van der Waals surface area contributed by atoms with Crippen LogP contribution in [0.1, 0.15) is 11.1 Å². The molecule has 3 nitrogen and oxygen atoms in total. The molecule has 0 saturated carbocycles. The molecule has 4 heteroatoms. The predicted molar refractivity (Wildman–Crippen MR) is 63.1 cm³/mol. The highest BCUT2D eigenvalue weighted by Crippen LogP contribution is 2.21. The zero-order valence-electron chi connectivity index (χ0n) is 8.94. The van der Waals surface area contributed by atoms with Crippen LogP contribution in [0, 0.1) is 6.92 Å². The first kappa shape index (κ1) is 11.2. The fourth-order valence-electron chi connectivity index (χ4n) is 1.66. The van der Waals surface area contributed by atoms with Crippen LogP contribution in [0.25, 0.3) is 5.57 Å². The van der Waals surface area contributed by atoms with E-state index in [0.717, 1.165) is 11.1 Å². The lowest BCUT2D eigenvalue weighted by atomic mass is 10.0. The number of amides is 1. The number of aryl methyl sites for hydroxylation is 1. The number of carbonyl (C=O) groups excluding carboxylic acids is 1. The average Bonchev–Trinajstić information content (AvgIpc) is 2.29. The lowest BCUT2D eigenvalue weighted by molar-refractivity contribution is -0.0924. The van der Waals surface area contributed by atoms with Gasteiger partial charge in [0, 0.05) is 0 Å². The standard InChI is InChI=1S/C12H12ClNO2/c1-9-3-2-4-10(7-9)11-5-6-16-14(8-11)12(13)15/h2-5,7H,6,8H2,1H3. The van der Waals surface area contributed by atoms with Crippen molar-refractivity contribution in [3.8, 4) is 0 Å². The van der Waals surface area contributed by atoms with Gasteiger partial charge in [-0.2, -0.15) is 0 Å². The minimum atomic E-state index is -0.585. The number of hydrogen-bond donors (Lipinski definition) is 0. The summed E-state index contributed by atoms with van der Waals surface area (Å²) in [5.74, 6) is 0. The molecule has 0 saturated heterocycles. The van der Waals surface area contributed by atoms with Crippen molar-refractivity contribution in [2.24, 2.45) is 0 Å². The molecule has 0 N–H and O–H groups in total. The van der Waals surface area contributed by atoms with Gasteiger partial charge in [0.2, 0.25) is 0 Å². The summed E-state index contributed by atoms with van der Waals surface area (Å²) in [7, 11) is 0. The first-order chi connectivity index (χ1) is 7.66. The highest BCUT2D eigenvalue weighted by Gasteiger charge is 2.18. The molecule has 1 heterocycles. The molecular weight excluding hydrogens is 226 g/mol. The largest absolute Gasteiger partial charge is 0.340 e. The van der Waals surface area contributed by atoms with Gasteiger partial charge in [0.25, 0.3) is 0 Å². The second-order valence-corrected chi connectivity index (χ2v) is 4.01. The molecule has 1 aromatic rings. The third kappa shape index (κ3) is 2.43. The average molecular weight is 238 g/mol. The van der Waals surface area contributed by atoms with Crippen LogP contribution in [-0.4, -0.2) is 23.6 Å². The molecule has 0 atom stereocenters. The van der Waals surface area contributed by atoms with Gasteiger partial charge in [-0.1, -0.05) is 35.9 Å². The topological polar surface area (TPSA) is 29.5 Å². The number of rotatable bonds is 1. The maximum absolute atomic E-state index is 11.0. The summed E-state index contributed by atoms with van der Waals surface area (Å²) in [5.41, 5.74) is 3.35. The van der Waals surface area contributed by atoms with E-state index in [9.17, 15) is 4.79 Å². The smallest absolute Gasteiger partial charge is 0.265 e. The Kier molecular flexibility index (Phi) is 3.27. The van der Waals surface area contributed by atoms with Crippen LogP contribution < -0.4 is 0 Å². The quantitative estimate of drug-likeness (QED) is 0.555. The van der Waals surface area contributed by atoms with Crippen molar-refractivity contribution < 1.29 is 9.63 Å². The van der Waals surface area contributed by atoms with Crippen LogP contribution >= 0.6 is 11.6 Å². The number of nitrogens with zero attached hydrogens (tertiary/aromatic N) is 1. The Labute approximate surface area is 99.2 Å². The Morgan fingerprint density at radius 3 is 3.00 bits per heavy atom. The normalized spacial score (nSPS) is 15.9. The number of carbonyl (C=O) groups is 1. The van der Waals surface area contributed by atoms with E-state index in [0.29, 0.717) is 13.2 Å². The van der Waals surface area contributed by atoms with E-state index in [4.69, 9.17) is 16.4 Å². The van der Waals surface area contributed by atoms with Crippen molar-refractivity contribution in [3.05, 3.63) is 41.5 Å². The second-order valence-electron chi connectivity index (χ2n) is 3.68. The van der Waals surface area contributed by atoms with Crippen LogP contribution in [-0.2, 0) is 4.84 Å². The molecule has 1 aliphatic heterocycles. The summed E-state index contributed by atoms with van der Waals surface area (Å²) in [6.45, 7) is 2.81. The number of hydroxylamine groups is 2. The van der Waals surface area contributed by atoms with Gasteiger partial charge in [0.1, 0.15) is 0 Å². The first-order valence-corrected chi connectivity index (χ1v) is 5.40. The molecule has 0 aliphatic carbocycles. The Morgan fingerprint density at radius 1 is 1.50 bits per heavy atom. The van der Waals surface area contributed by atoms with Crippen molar-refractivity contribution >= 4 is 22.5 Å². The lowest BCUT2D eigenvalue weighted by Gasteiger charge is -2.24. The minimum Gasteiger partial charge on any atom is -0.265 e. The highest BCUT2D eigenvalue weighted by atomic mass is 35.5. The zero-order chi connectivity index (χ0) is 11.5. The van der Waals surface area contributed by atoms with Gasteiger partial charge in [-0.15, -0.1) is 0 Å².